The van der Waals surface area contributed by atoms with Gasteiger partial charge in [-0.1, -0.05) is 0 Å². The Bertz CT molecular complexity index is 674. The molecule has 0 spiro atoms. The number of amides is 1. The molecule has 8 heteroatoms. The molecule has 1 heterocycles. The highest BCUT2D eigenvalue weighted by atomic mass is 19.1. The Balaban J connectivity index is 2.19. The largest absolute Gasteiger partial charge is 0.307 e. The SMILES string of the molecule is O=C(Nc1ccc(F)cn1)c1ccc([N+](=O)[O-])c(F)c1. The van der Waals surface area contributed by atoms with Crippen LogP contribution in [0.15, 0.2) is 36.5 Å². The summed E-state index contributed by atoms with van der Waals surface area (Å²) in [4.78, 5) is 24.9. The van der Waals surface area contributed by atoms with Crippen LogP contribution in [0.3, 0.4) is 0 Å². The van der Waals surface area contributed by atoms with Crippen molar-refractivity contribution in [1.82, 2.24) is 4.98 Å². The first kappa shape index (κ1) is 13.5. The zero-order valence-electron chi connectivity index (χ0n) is 9.84. The van der Waals surface area contributed by atoms with E-state index in [-0.39, 0.29) is 11.4 Å². The third-order valence-electron chi connectivity index (χ3n) is 2.38. The summed E-state index contributed by atoms with van der Waals surface area (Å²) in [5, 5.41) is 12.8. The van der Waals surface area contributed by atoms with Crippen molar-refractivity contribution < 1.29 is 18.5 Å². The molecule has 2 rings (SSSR count). The number of carbonyl (C=O) groups is 1. The van der Waals surface area contributed by atoms with Crippen molar-refractivity contribution in [3.05, 3.63) is 63.8 Å². The third kappa shape index (κ3) is 2.91. The molecule has 0 fully saturated rings. The number of benzene rings is 1. The molecule has 0 saturated heterocycles. The van der Waals surface area contributed by atoms with Gasteiger partial charge in [0, 0.05) is 11.6 Å². The molecule has 102 valence electrons. The number of hydrogen-bond acceptors (Lipinski definition) is 4. The summed E-state index contributed by atoms with van der Waals surface area (Å²) in [6.45, 7) is 0. The van der Waals surface area contributed by atoms with Crippen LogP contribution in [0.25, 0.3) is 0 Å². The Morgan fingerprint density at radius 1 is 1.25 bits per heavy atom. The standard InChI is InChI=1S/C12H7F2N3O3/c13-8-2-4-11(15-6-8)16-12(18)7-1-3-10(17(19)20)9(14)5-7/h1-6H,(H,15,16,18). The molecular formula is C12H7F2N3O3. The first-order chi connectivity index (χ1) is 9.47. The average Bonchev–Trinajstić information content (AvgIpc) is 2.40. The zero-order chi connectivity index (χ0) is 14.7. The Hall–Kier alpha value is -2.90. The molecular weight excluding hydrogens is 272 g/mol. The molecule has 20 heavy (non-hydrogen) atoms. The summed E-state index contributed by atoms with van der Waals surface area (Å²) >= 11 is 0. The van der Waals surface area contributed by atoms with Gasteiger partial charge in [-0.05, 0) is 24.3 Å². The van der Waals surface area contributed by atoms with Crippen LogP contribution in [0.2, 0.25) is 0 Å². The lowest BCUT2D eigenvalue weighted by atomic mass is 10.2. The van der Waals surface area contributed by atoms with Crippen LogP contribution in [-0.4, -0.2) is 15.8 Å². The highest BCUT2D eigenvalue weighted by Gasteiger charge is 2.16. The Labute approximate surface area is 111 Å². The first-order valence-electron chi connectivity index (χ1n) is 5.34. The molecule has 0 aliphatic rings. The number of nitrogens with zero attached hydrogens (tertiary/aromatic N) is 2. The van der Waals surface area contributed by atoms with Crippen LogP contribution < -0.4 is 5.32 Å². The Morgan fingerprint density at radius 2 is 2.00 bits per heavy atom. The smallest absolute Gasteiger partial charge is 0.304 e. The van der Waals surface area contributed by atoms with Crippen LogP contribution in [0.5, 0.6) is 0 Å². The quantitative estimate of drug-likeness (QED) is 0.691. The van der Waals surface area contributed by atoms with Gasteiger partial charge in [0.05, 0.1) is 11.1 Å². The van der Waals surface area contributed by atoms with E-state index in [4.69, 9.17) is 0 Å². The number of hydrogen-bond donors (Lipinski definition) is 1. The number of nitro groups is 1. The monoisotopic (exact) mass is 279 g/mol. The van der Waals surface area contributed by atoms with E-state index in [1.807, 2.05) is 0 Å². The van der Waals surface area contributed by atoms with Crippen LogP contribution in [0.1, 0.15) is 10.4 Å². The van der Waals surface area contributed by atoms with Crippen LogP contribution >= 0.6 is 0 Å². The molecule has 1 aromatic heterocycles. The van der Waals surface area contributed by atoms with Crippen LogP contribution in [0.4, 0.5) is 20.3 Å². The molecule has 0 unspecified atom stereocenters. The molecule has 1 N–H and O–H groups in total. The third-order valence-corrected chi connectivity index (χ3v) is 2.38. The summed E-state index contributed by atoms with van der Waals surface area (Å²) in [5.41, 5.74) is -0.833. The van der Waals surface area contributed by atoms with Crippen LogP contribution in [-0.2, 0) is 0 Å². The fourth-order valence-corrected chi connectivity index (χ4v) is 1.43. The van der Waals surface area contributed by atoms with Gasteiger partial charge in [0.15, 0.2) is 0 Å². The highest BCUT2D eigenvalue weighted by Crippen LogP contribution is 2.18. The van der Waals surface area contributed by atoms with E-state index in [1.165, 1.54) is 6.07 Å². The number of rotatable bonds is 3. The molecule has 0 radical (unpaired) electrons. The maximum atomic E-state index is 13.4. The van der Waals surface area contributed by atoms with Gasteiger partial charge in [-0.15, -0.1) is 0 Å². The highest BCUT2D eigenvalue weighted by molar-refractivity contribution is 6.03. The van der Waals surface area contributed by atoms with Crippen molar-refractivity contribution in [3.8, 4) is 0 Å². The van der Waals surface area contributed by atoms with E-state index >= 15 is 0 Å². The van der Waals surface area contributed by atoms with Crippen molar-refractivity contribution in [2.45, 2.75) is 0 Å². The fraction of sp³-hybridized carbons (Fsp3) is 0. The normalized spacial score (nSPS) is 10.1. The van der Waals surface area contributed by atoms with E-state index < -0.39 is 28.2 Å². The fourth-order valence-electron chi connectivity index (χ4n) is 1.43. The predicted octanol–water partition coefficient (Wildman–Crippen LogP) is 2.52. The Kier molecular flexibility index (Phi) is 3.65. The number of nitrogens with one attached hydrogen (secondary N) is 1. The summed E-state index contributed by atoms with van der Waals surface area (Å²) in [6.07, 6.45) is 0.909. The lowest BCUT2D eigenvalue weighted by Gasteiger charge is -2.04. The predicted molar refractivity (Wildman–Crippen MR) is 65.2 cm³/mol. The molecule has 0 aliphatic carbocycles. The second-order valence-electron chi connectivity index (χ2n) is 3.74. The van der Waals surface area contributed by atoms with Crippen molar-refractivity contribution in [2.24, 2.45) is 0 Å². The van der Waals surface area contributed by atoms with E-state index in [2.05, 4.69) is 10.3 Å². The van der Waals surface area contributed by atoms with Crippen LogP contribution in [0, 0.1) is 21.7 Å². The van der Waals surface area contributed by atoms with Crippen molar-refractivity contribution in [2.75, 3.05) is 5.32 Å². The van der Waals surface area contributed by atoms with Gasteiger partial charge >= 0.3 is 5.69 Å². The summed E-state index contributed by atoms with van der Waals surface area (Å²) in [5.74, 6) is -2.31. The van der Waals surface area contributed by atoms with E-state index in [0.29, 0.717) is 0 Å². The average molecular weight is 279 g/mol. The minimum absolute atomic E-state index is 0.0789. The van der Waals surface area contributed by atoms with E-state index in [9.17, 15) is 23.7 Å². The lowest BCUT2D eigenvalue weighted by Crippen LogP contribution is -2.13. The van der Waals surface area contributed by atoms with E-state index in [0.717, 1.165) is 30.5 Å². The number of anilines is 1. The van der Waals surface area contributed by atoms with E-state index in [1.54, 1.807) is 0 Å². The van der Waals surface area contributed by atoms with Crippen molar-refractivity contribution in [1.29, 1.82) is 0 Å². The van der Waals surface area contributed by atoms with Gasteiger partial charge in [-0.25, -0.2) is 9.37 Å². The summed E-state index contributed by atoms with van der Waals surface area (Å²) in [7, 11) is 0. The number of nitro benzene ring substituents is 1. The molecule has 6 nitrogen and oxygen atoms in total. The summed E-state index contributed by atoms with van der Waals surface area (Å²) in [6, 6.07) is 5.08. The van der Waals surface area contributed by atoms with Gasteiger partial charge in [-0.3, -0.25) is 14.9 Å². The zero-order valence-corrected chi connectivity index (χ0v) is 9.84. The molecule has 0 saturated carbocycles. The molecule has 2 aromatic rings. The van der Waals surface area contributed by atoms with Gasteiger partial charge < -0.3 is 5.32 Å². The number of pyridine rings is 1. The van der Waals surface area contributed by atoms with Crippen molar-refractivity contribution in [3.63, 3.8) is 0 Å². The number of halogens is 2. The molecule has 0 atom stereocenters. The minimum Gasteiger partial charge on any atom is -0.307 e. The second-order valence-corrected chi connectivity index (χ2v) is 3.74. The summed E-state index contributed by atoms with van der Waals surface area (Å²) < 4.78 is 26.0. The molecule has 1 amide bonds. The van der Waals surface area contributed by atoms with Gasteiger partial charge in [0.25, 0.3) is 5.91 Å². The molecule has 0 bridgehead atoms. The second kappa shape index (κ2) is 5.39. The molecule has 0 aliphatic heterocycles. The van der Waals surface area contributed by atoms with Gasteiger partial charge in [-0.2, -0.15) is 4.39 Å². The van der Waals surface area contributed by atoms with Gasteiger partial charge in [0.2, 0.25) is 5.82 Å². The number of carbonyl (C=O) groups excluding carboxylic acids is 1. The topological polar surface area (TPSA) is 85.1 Å². The first-order valence-corrected chi connectivity index (χ1v) is 5.34. The minimum atomic E-state index is -1.12. The Morgan fingerprint density at radius 3 is 2.55 bits per heavy atom. The number of aromatic nitrogens is 1. The maximum absolute atomic E-state index is 13.4. The molecule has 1 aromatic carbocycles. The van der Waals surface area contributed by atoms with Gasteiger partial charge in [0.1, 0.15) is 11.6 Å². The maximum Gasteiger partial charge on any atom is 0.304 e. The lowest BCUT2D eigenvalue weighted by molar-refractivity contribution is -0.387. The van der Waals surface area contributed by atoms with Crippen molar-refractivity contribution >= 4 is 17.4 Å².